The van der Waals surface area contributed by atoms with Crippen molar-refractivity contribution in [2.24, 2.45) is 0 Å². The van der Waals surface area contributed by atoms with Crippen LogP contribution in [0.15, 0.2) is 78.9 Å². The highest BCUT2D eigenvalue weighted by molar-refractivity contribution is 7.80. The Kier molecular flexibility index (Phi) is 6.37. The zero-order valence-electron chi connectivity index (χ0n) is 14.6. The first-order valence-electron chi connectivity index (χ1n) is 8.35. The SMILES string of the molecule is O=C(NC(=S)Nc1cccc(NC(=O)c2ccccc2)c1)c1ccc(Cl)cc1. The summed E-state index contributed by atoms with van der Waals surface area (Å²) >= 11 is 11.0. The highest BCUT2D eigenvalue weighted by Crippen LogP contribution is 2.16. The predicted octanol–water partition coefficient (Wildman–Crippen LogP) is 4.72. The Morgan fingerprint density at radius 3 is 2.00 bits per heavy atom. The van der Waals surface area contributed by atoms with E-state index in [1.165, 1.54) is 0 Å². The van der Waals surface area contributed by atoms with Crippen molar-refractivity contribution >= 4 is 52.1 Å². The summed E-state index contributed by atoms with van der Waals surface area (Å²) in [5, 5.41) is 9.05. The number of rotatable bonds is 4. The van der Waals surface area contributed by atoms with Gasteiger partial charge in [-0.2, -0.15) is 0 Å². The van der Waals surface area contributed by atoms with E-state index in [9.17, 15) is 9.59 Å². The van der Waals surface area contributed by atoms with Gasteiger partial charge in [-0.15, -0.1) is 0 Å². The number of carbonyl (C=O) groups is 2. The molecule has 0 heterocycles. The van der Waals surface area contributed by atoms with E-state index in [2.05, 4.69) is 16.0 Å². The molecular formula is C21H16ClN3O2S. The number of carbonyl (C=O) groups excluding carboxylic acids is 2. The highest BCUT2D eigenvalue weighted by Gasteiger charge is 2.09. The van der Waals surface area contributed by atoms with Gasteiger partial charge in [-0.25, -0.2) is 0 Å². The van der Waals surface area contributed by atoms with E-state index in [-0.39, 0.29) is 16.9 Å². The Bertz CT molecular complexity index is 1010. The summed E-state index contributed by atoms with van der Waals surface area (Å²) in [6.07, 6.45) is 0. The summed E-state index contributed by atoms with van der Waals surface area (Å²) in [4.78, 5) is 24.4. The first-order chi connectivity index (χ1) is 13.5. The first kappa shape index (κ1) is 19.5. The molecule has 140 valence electrons. The van der Waals surface area contributed by atoms with Gasteiger partial charge in [0.25, 0.3) is 11.8 Å². The molecule has 0 aliphatic heterocycles. The third kappa shape index (κ3) is 5.39. The Labute approximate surface area is 172 Å². The van der Waals surface area contributed by atoms with Gasteiger partial charge in [-0.3, -0.25) is 14.9 Å². The average Bonchev–Trinajstić information content (AvgIpc) is 2.69. The van der Waals surface area contributed by atoms with Crippen LogP contribution < -0.4 is 16.0 Å². The fourth-order valence-corrected chi connectivity index (χ4v) is 2.74. The molecular weight excluding hydrogens is 394 g/mol. The van der Waals surface area contributed by atoms with Crippen LogP contribution in [0.5, 0.6) is 0 Å². The van der Waals surface area contributed by atoms with Crippen LogP contribution in [0.3, 0.4) is 0 Å². The van der Waals surface area contributed by atoms with Crippen LogP contribution in [-0.2, 0) is 0 Å². The number of amides is 2. The predicted molar refractivity (Wildman–Crippen MR) is 116 cm³/mol. The Morgan fingerprint density at radius 1 is 0.714 bits per heavy atom. The van der Waals surface area contributed by atoms with E-state index >= 15 is 0 Å². The minimum atomic E-state index is -0.345. The van der Waals surface area contributed by atoms with Crippen molar-refractivity contribution in [2.45, 2.75) is 0 Å². The zero-order valence-corrected chi connectivity index (χ0v) is 16.2. The van der Waals surface area contributed by atoms with Crippen LogP contribution in [0.2, 0.25) is 5.02 Å². The summed E-state index contributed by atoms with van der Waals surface area (Å²) in [7, 11) is 0. The first-order valence-corrected chi connectivity index (χ1v) is 9.14. The fourth-order valence-electron chi connectivity index (χ4n) is 2.41. The van der Waals surface area contributed by atoms with E-state index in [4.69, 9.17) is 23.8 Å². The molecule has 0 fully saturated rings. The van der Waals surface area contributed by atoms with Crippen molar-refractivity contribution in [3.05, 3.63) is 95.0 Å². The molecule has 3 N–H and O–H groups in total. The van der Waals surface area contributed by atoms with Crippen LogP contribution in [0, 0.1) is 0 Å². The van der Waals surface area contributed by atoms with E-state index in [0.29, 0.717) is 27.5 Å². The largest absolute Gasteiger partial charge is 0.332 e. The molecule has 0 aromatic heterocycles. The molecule has 0 spiro atoms. The third-order valence-corrected chi connectivity index (χ3v) is 4.20. The average molecular weight is 410 g/mol. The van der Waals surface area contributed by atoms with Crippen LogP contribution in [0.1, 0.15) is 20.7 Å². The monoisotopic (exact) mass is 409 g/mol. The van der Waals surface area contributed by atoms with Gasteiger partial charge in [0.1, 0.15) is 0 Å². The van der Waals surface area contributed by atoms with Crippen molar-refractivity contribution in [1.82, 2.24) is 5.32 Å². The van der Waals surface area contributed by atoms with E-state index < -0.39 is 0 Å². The van der Waals surface area contributed by atoms with Gasteiger partial charge >= 0.3 is 0 Å². The van der Waals surface area contributed by atoms with Crippen LogP contribution >= 0.6 is 23.8 Å². The molecule has 0 bridgehead atoms. The quantitative estimate of drug-likeness (QED) is 0.545. The number of hydrogen-bond acceptors (Lipinski definition) is 3. The van der Waals surface area contributed by atoms with Crippen molar-refractivity contribution < 1.29 is 9.59 Å². The molecule has 5 nitrogen and oxygen atoms in total. The van der Waals surface area contributed by atoms with Gasteiger partial charge in [0.05, 0.1) is 0 Å². The smallest absolute Gasteiger partial charge is 0.257 e. The molecule has 0 saturated heterocycles. The van der Waals surface area contributed by atoms with Gasteiger partial charge in [0.15, 0.2) is 5.11 Å². The molecule has 3 aromatic rings. The Balaban J connectivity index is 1.60. The summed E-state index contributed by atoms with van der Waals surface area (Å²) in [5.74, 6) is -0.556. The second-order valence-electron chi connectivity index (χ2n) is 5.82. The summed E-state index contributed by atoms with van der Waals surface area (Å²) in [6.45, 7) is 0. The van der Waals surface area contributed by atoms with E-state index in [1.54, 1.807) is 72.8 Å². The molecule has 3 aromatic carbocycles. The van der Waals surface area contributed by atoms with Gasteiger partial charge < -0.3 is 10.6 Å². The van der Waals surface area contributed by atoms with Crippen molar-refractivity contribution in [2.75, 3.05) is 10.6 Å². The van der Waals surface area contributed by atoms with Crippen LogP contribution in [0.4, 0.5) is 11.4 Å². The molecule has 7 heteroatoms. The maximum absolute atomic E-state index is 12.3. The lowest BCUT2D eigenvalue weighted by atomic mass is 10.2. The summed E-state index contributed by atoms with van der Waals surface area (Å²) < 4.78 is 0. The summed E-state index contributed by atoms with van der Waals surface area (Å²) in [5.41, 5.74) is 2.24. The molecule has 0 atom stereocenters. The number of thiocarbonyl (C=S) groups is 1. The normalized spacial score (nSPS) is 10.0. The third-order valence-electron chi connectivity index (χ3n) is 3.75. The van der Waals surface area contributed by atoms with E-state index in [1.807, 2.05) is 6.07 Å². The van der Waals surface area contributed by atoms with Gasteiger partial charge in [0.2, 0.25) is 0 Å². The maximum atomic E-state index is 12.3. The minimum Gasteiger partial charge on any atom is -0.332 e. The maximum Gasteiger partial charge on any atom is 0.257 e. The molecule has 3 rings (SSSR count). The van der Waals surface area contributed by atoms with E-state index in [0.717, 1.165) is 0 Å². The Morgan fingerprint density at radius 2 is 1.32 bits per heavy atom. The lowest BCUT2D eigenvalue weighted by molar-refractivity contribution is 0.0976. The number of halogens is 1. The zero-order chi connectivity index (χ0) is 19.9. The topological polar surface area (TPSA) is 70.2 Å². The number of anilines is 2. The lowest BCUT2D eigenvalue weighted by Gasteiger charge is -2.11. The van der Waals surface area contributed by atoms with Crippen LogP contribution in [-0.4, -0.2) is 16.9 Å². The number of benzene rings is 3. The molecule has 0 unspecified atom stereocenters. The fraction of sp³-hybridized carbons (Fsp3) is 0. The highest BCUT2D eigenvalue weighted by atomic mass is 35.5. The standard InChI is InChI=1S/C21H16ClN3O2S/c22-16-11-9-15(10-12-16)20(27)25-21(28)24-18-8-4-7-17(13-18)23-19(26)14-5-2-1-3-6-14/h1-13H,(H,23,26)(H2,24,25,27,28). The number of nitrogens with one attached hydrogen (secondary N) is 3. The minimum absolute atomic E-state index is 0.145. The molecule has 0 aliphatic rings. The Hall–Kier alpha value is -3.22. The van der Waals surface area contributed by atoms with Crippen molar-refractivity contribution in [3.63, 3.8) is 0 Å². The van der Waals surface area contributed by atoms with Gasteiger partial charge in [-0.1, -0.05) is 35.9 Å². The molecule has 2 amide bonds. The van der Waals surface area contributed by atoms with Crippen molar-refractivity contribution in [1.29, 1.82) is 0 Å². The second-order valence-corrected chi connectivity index (χ2v) is 6.66. The molecule has 28 heavy (non-hydrogen) atoms. The molecule has 0 radical (unpaired) electrons. The van der Waals surface area contributed by atoms with Crippen molar-refractivity contribution in [3.8, 4) is 0 Å². The van der Waals surface area contributed by atoms with Crippen LogP contribution in [0.25, 0.3) is 0 Å². The molecule has 0 saturated carbocycles. The number of hydrogen-bond donors (Lipinski definition) is 3. The summed E-state index contributed by atoms with van der Waals surface area (Å²) in [6, 6.07) is 22.4. The lowest BCUT2D eigenvalue weighted by Crippen LogP contribution is -2.34. The van der Waals surface area contributed by atoms with Gasteiger partial charge in [-0.05, 0) is 66.8 Å². The second kappa shape index (κ2) is 9.12. The van der Waals surface area contributed by atoms with Gasteiger partial charge in [0, 0.05) is 27.5 Å². The molecule has 0 aliphatic carbocycles.